The molecule has 4 amide bonds. The van der Waals surface area contributed by atoms with E-state index < -0.39 is 17.8 Å². The zero-order chi connectivity index (χ0) is 24.4. The highest BCUT2D eigenvalue weighted by Crippen LogP contribution is 2.30. The third-order valence-electron chi connectivity index (χ3n) is 5.03. The third kappa shape index (κ3) is 5.17. The summed E-state index contributed by atoms with van der Waals surface area (Å²) in [4.78, 5) is 38.8. The van der Waals surface area contributed by atoms with Crippen molar-refractivity contribution in [2.45, 2.75) is 13.5 Å². The van der Waals surface area contributed by atoms with Gasteiger partial charge in [0.25, 0.3) is 11.8 Å². The lowest BCUT2D eigenvalue weighted by Crippen LogP contribution is -2.54. The average molecular weight is 560 g/mol. The minimum Gasteiger partial charge on any atom is -0.488 e. The molecule has 1 saturated heterocycles. The maximum atomic E-state index is 13.0. The molecule has 34 heavy (non-hydrogen) atoms. The van der Waals surface area contributed by atoms with Crippen LogP contribution in [0, 0.1) is 6.92 Å². The highest BCUT2D eigenvalue weighted by atomic mass is 79.9. The number of rotatable bonds is 5. The number of carbonyl (C=O) groups is 3. The van der Waals surface area contributed by atoms with Gasteiger partial charge in [0.05, 0.1) is 10.2 Å². The maximum Gasteiger partial charge on any atom is 0.335 e. The molecule has 1 fully saturated rings. The van der Waals surface area contributed by atoms with Crippen LogP contribution in [0.15, 0.2) is 70.7 Å². The number of hydrogen-bond donors (Lipinski definition) is 1. The molecule has 1 N–H and O–H groups in total. The molecule has 6 nitrogen and oxygen atoms in total. The molecule has 1 aliphatic rings. The van der Waals surface area contributed by atoms with Crippen LogP contribution >= 0.6 is 39.1 Å². The summed E-state index contributed by atoms with van der Waals surface area (Å²) in [7, 11) is 0. The first-order valence-electron chi connectivity index (χ1n) is 10.1. The Morgan fingerprint density at radius 2 is 1.82 bits per heavy atom. The molecule has 0 aromatic heterocycles. The molecule has 0 atom stereocenters. The van der Waals surface area contributed by atoms with Crippen molar-refractivity contribution in [1.82, 2.24) is 5.32 Å². The predicted molar refractivity (Wildman–Crippen MR) is 135 cm³/mol. The van der Waals surface area contributed by atoms with Gasteiger partial charge in [-0.25, -0.2) is 9.69 Å². The van der Waals surface area contributed by atoms with Crippen LogP contribution in [0.1, 0.15) is 16.7 Å². The fourth-order valence-corrected chi connectivity index (χ4v) is 4.32. The van der Waals surface area contributed by atoms with Gasteiger partial charge in [-0.05, 0) is 76.5 Å². The van der Waals surface area contributed by atoms with Crippen molar-refractivity contribution >= 4 is 68.7 Å². The van der Waals surface area contributed by atoms with E-state index in [1.54, 1.807) is 54.6 Å². The summed E-state index contributed by atoms with van der Waals surface area (Å²) in [6, 6.07) is 16.4. The van der Waals surface area contributed by atoms with Crippen LogP contribution in [-0.4, -0.2) is 17.8 Å². The molecular formula is C25H17BrCl2N2O4. The minimum absolute atomic E-state index is 0.158. The summed E-state index contributed by atoms with van der Waals surface area (Å²) in [6.07, 6.45) is 1.43. The number of halogens is 3. The van der Waals surface area contributed by atoms with Gasteiger partial charge in [0, 0.05) is 15.6 Å². The monoisotopic (exact) mass is 558 g/mol. The largest absolute Gasteiger partial charge is 0.488 e. The number of anilines is 1. The van der Waals surface area contributed by atoms with Crippen LogP contribution < -0.4 is 15.0 Å². The van der Waals surface area contributed by atoms with Crippen molar-refractivity contribution in [2.24, 2.45) is 0 Å². The zero-order valence-electron chi connectivity index (χ0n) is 17.8. The van der Waals surface area contributed by atoms with Gasteiger partial charge in [0.15, 0.2) is 0 Å². The van der Waals surface area contributed by atoms with E-state index in [0.717, 1.165) is 16.0 Å². The Kier molecular flexibility index (Phi) is 7.07. The van der Waals surface area contributed by atoms with Crippen molar-refractivity contribution in [3.63, 3.8) is 0 Å². The summed E-state index contributed by atoms with van der Waals surface area (Å²) >= 11 is 15.6. The third-order valence-corrected chi connectivity index (χ3v) is 6.23. The Labute approximate surface area is 214 Å². The van der Waals surface area contributed by atoms with Crippen molar-refractivity contribution in [1.29, 1.82) is 0 Å². The Morgan fingerprint density at radius 3 is 2.53 bits per heavy atom. The summed E-state index contributed by atoms with van der Waals surface area (Å²) in [5, 5.41) is 3.26. The first-order valence-corrected chi connectivity index (χ1v) is 11.6. The zero-order valence-corrected chi connectivity index (χ0v) is 20.9. The standard InChI is InChI=1S/C25H17BrCl2N2O4/c1-14-3-2-4-18(9-14)30-24(32)19(23(31)29-25(30)33)10-15-5-8-22(20(26)11-15)34-13-16-6-7-17(27)12-21(16)28/h2-12H,13H2,1H3,(H,29,31,33)/b19-10+. The molecule has 3 aromatic rings. The number of ether oxygens (including phenoxy) is 1. The quantitative estimate of drug-likeness (QED) is 0.293. The maximum absolute atomic E-state index is 13.0. The molecule has 3 aromatic carbocycles. The summed E-state index contributed by atoms with van der Waals surface area (Å²) in [6.45, 7) is 2.07. The van der Waals surface area contributed by atoms with Crippen LogP contribution in [0.3, 0.4) is 0 Å². The van der Waals surface area contributed by atoms with E-state index in [-0.39, 0.29) is 12.2 Å². The minimum atomic E-state index is -0.788. The summed E-state index contributed by atoms with van der Waals surface area (Å²) in [5.41, 5.74) is 2.44. The Hall–Kier alpha value is -3.13. The second kappa shape index (κ2) is 10.0. The van der Waals surface area contributed by atoms with Gasteiger partial charge in [-0.1, -0.05) is 47.5 Å². The number of nitrogens with zero attached hydrogens (tertiary/aromatic N) is 1. The second-order valence-electron chi connectivity index (χ2n) is 7.51. The summed E-state index contributed by atoms with van der Waals surface area (Å²) < 4.78 is 6.45. The first-order chi connectivity index (χ1) is 16.2. The lowest BCUT2D eigenvalue weighted by Gasteiger charge is -2.26. The van der Waals surface area contributed by atoms with Gasteiger partial charge in [0.2, 0.25) is 0 Å². The van der Waals surface area contributed by atoms with Crippen molar-refractivity contribution in [2.75, 3.05) is 4.90 Å². The molecule has 172 valence electrons. The van der Waals surface area contributed by atoms with E-state index in [0.29, 0.717) is 31.5 Å². The van der Waals surface area contributed by atoms with E-state index >= 15 is 0 Å². The highest BCUT2D eigenvalue weighted by molar-refractivity contribution is 9.10. The van der Waals surface area contributed by atoms with Gasteiger partial charge in [-0.15, -0.1) is 0 Å². The lowest BCUT2D eigenvalue weighted by atomic mass is 10.1. The molecule has 0 unspecified atom stereocenters. The van der Waals surface area contributed by atoms with Gasteiger partial charge in [-0.3, -0.25) is 14.9 Å². The first kappa shape index (κ1) is 24.0. The number of aryl methyl sites for hydroxylation is 1. The van der Waals surface area contributed by atoms with Crippen LogP contribution in [0.2, 0.25) is 10.0 Å². The molecule has 9 heteroatoms. The summed E-state index contributed by atoms with van der Waals surface area (Å²) in [5.74, 6) is -0.912. The lowest BCUT2D eigenvalue weighted by molar-refractivity contribution is -0.122. The van der Waals surface area contributed by atoms with E-state index in [1.807, 2.05) is 13.0 Å². The van der Waals surface area contributed by atoms with Crippen molar-refractivity contribution < 1.29 is 19.1 Å². The Bertz CT molecular complexity index is 1360. The van der Waals surface area contributed by atoms with Crippen LogP contribution in [0.4, 0.5) is 10.5 Å². The van der Waals surface area contributed by atoms with Crippen molar-refractivity contribution in [3.05, 3.63) is 97.4 Å². The number of benzene rings is 3. The number of barbiturate groups is 1. The topological polar surface area (TPSA) is 75.7 Å². The number of urea groups is 1. The van der Waals surface area contributed by atoms with Gasteiger partial charge < -0.3 is 4.74 Å². The van der Waals surface area contributed by atoms with Crippen molar-refractivity contribution in [3.8, 4) is 5.75 Å². The van der Waals surface area contributed by atoms with E-state index in [1.165, 1.54) is 6.08 Å². The molecule has 0 spiro atoms. The predicted octanol–water partition coefficient (Wildman–Crippen LogP) is 6.31. The molecule has 1 heterocycles. The van der Waals surface area contributed by atoms with Gasteiger partial charge >= 0.3 is 6.03 Å². The number of carbonyl (C=O) groups excluding carboxylic acids is 3. The van der Waals surface area contributed by atoms with Gasteiger partial charge in [0.1, 0.15) is 17.9 Å². The van der Waals surface area contributed by atoms with E-state index in [2.05, 4.69) is 21.2 Å². The molecule has 0 aliphatic carbocycles. The fraction of sp³-hybridized carbons (Fsp3) is 0.0800. The molecule has 0 bridgehead atoms. The fourth-order valence-electron chi connectivity index (χ4n) is 3.34. The van der Waals surface area contributed by atoms with Gasteiger partial charge in [-0.2, -0.15) is 0 Å². The van der Waals surface area contributed by atoms with Crippen LogP contribution in [0.5, 0.6) is 5.75 Å². The molecule has 1 aliphatic heterocycles. The number of nitrogens with one attached hydrogen (secondary N) is 1. The SMILES string of the molecule is Cc1cccc(N2C(=O)NC(=O)/C(=C\c3ccc(OCc4ccc(Cl)cc4Cl)c(Br)c3)C2=O)c1. The molecule has 0 saturated carbocycles. The molecule has 0 radical (unpaired) electrons. The number of hydrogen-bond acceptors (Lipinski definition) is 4. The Balaban J connectivity index is 1.56. The van der Waals surface area contributed by atoms with Crippen LogP contribution in [-0.2, 0) is 16.2 Å². The van der Waals surface area contributed by atoms with Crippen LogP contribution in [0.25, 0.3) is 6.08 Å². The number of imide groups is 2. The normalized spacial score (nSPS) is 15.0. The molecular weight excluding hydrogens is 543 g/mol. The molecule has 4 rings (SSSR count). The average Bonchev–Trinajstić information content (AvgIpc) is 2.77. The van der Waals surface area contributed by atoms with E-state index in [9.17, 15) is 14.4 Å². The number of amides is 4. The van der Waals surface area contributed by atoms with E-state index in [4.69, 9.17) is 27.9 Å². The smallest absolute Gasteiger partial charge is 0.335 e. The second-order valence-corrected chi connectivity index (χ2v) is 9.21. The Morgan fingerprint density at radius 1 is 1.03 bits per heavy atom. The highest BCUT2D eigenvalue weighted by Gasteiger charge is 2.36.